The largest absolute Gasteiger partial charge is 0.345 e. The van der Waals surface area contributed by atoms with E-state index in [1.165, 1.54) is 29.5 Å². The van der Waals surface area contributed by atoms with Crippen LogP contribution in [0.5, 0.6) is 0 Å². The molecule has 0 saturated carbocycles. The minimum Gasteiger partial charge on any atom is -0.345 e. The fourth-order valence-electron chi connectivity index (χ4n) is 4.95. The average molecular weight is 555 g/mol. The van der Waals surface area contributed by atoms with Crippen LogP contribution in [0, 0.1) is 0 Å². The maximum atomic E-state index is 13.1. The molecular formula is C29H30N8O2S. The van der Waals surface area contributed by atoms with Crippen molar-refractivity contribution in [3.63, 3.8) is 0 Å². The minimum absolute atomic E-state index is 0.151. The molecule has 4 heterocycles. The standard InChI is InChI=1S/C29H30N8O2S/c1-36(2)40(38,39)25-9-5-4-8-24(25)33-28-26-23(20-7-6-13-30-16-20)17-31-27(26)34-29(35-28)32-22-11-10-19-12-14-37(3)18-21(19)15-22/h4-11,13,15-17H,12,14,18H2,1-3H3,(H3,31,32,33,34,35). The van der Waals surface area contributed by atoms with Crippen LogP contribution >= 0.6 is 0 Å². The lowest BCUT2D eigenvalue weighted by Gasteiger charge is -2.25. The first-order valence-corrected chi connectivity index (χ1v) is 14.4. The molecule has 0 atom stereocenters. The van der Waals surface area contributed by atoms with Gasteiger partial charge in [-0.25, -0.2) is 12.7 Å². The summed E-state index contributed by atoms with van der Waals surface area (Å²) >= 11 is 0. The van der Waals surface area contributed by atoms with Crippen LogP contribution in [0.2, 0.25) is 0 Å². The first-order chi connectivity index (χ1) is 19.3. The number of H-pyrrole nitrogens is 1. The number of sulfonamides is 1. The molecule has 3 aromatic heterocycles. The number of anilines is 4. The van der Waals surface area contributed by atoms with Crippen LogP contribution in [-0.4, -0.2) is 65.2 Å². The number of pyridine rings is 1. The van der Waals surface area contributed by atoms with Crippen LogP contribution in [-0.2, 0) is 23.0 Å². The summed E-state index contributed by atoms with van der Waals surface area (Å²) in [5.74, 6) is 0.846. The predicted octanol–water partition coefficient (Wildman–Crippen LogP) is 4.75. The number of nitrogens with one attached hydrogen (secondary N) is 3. The van der Waals surface area contributed by atoms with Crippen molar-refractivity contribution in [2.45, 2.75) is 17.9 Å². The highest BCUT2D eigenvalue weighted by Gasteiger charge is 2.23. The molecule has 2 aromatic carbocycles. The van der Waals surface area contributed by atoms with E-state index < -0.39 is 10.0 Å². The average Bonchev–Trinajstić information content (AvgIpc) is 3.38. The summed E-state index contributed by atoms with van der Waals surface area (Å²) in [6.07, 6.45) is 6.38. The lowest BCUT2D eigenvalue weighted by atomic mass is 9.99. The second kappa shape index (κ2) is 10.3. The van der Waals surface area contributed by atoms with Crippen LogP contribution in [0.25, 0.3) is 22.2 Å². The van der Waals surface area contributed by atoms with Gasteiger partial charge in [0.15, 0.2) is 0 Å². The fourth-order valence-corrected chi connectivity index (χ4v) is 5.99. The monoisotopic (exact) mass is 554 g/mol. The highest BCUT2D eigenvalue weighted by atomic mass is 32.2. The molecule has 11 heteroatoms. The van der Waals surface area contributed by atoms with Crippen LogP contribution < -0.4 is 10.6 Å². The van der Waals surface area contributed by atoms with Crippen LogP contribution in [0.3, 0.4) is 0 Å². The molecule has 6 rings (SSSR count). The number of para-hydroxylation sites is 1. The number of nitrogens with zero attached hydrogens (tertiary/aromatic N) is 5. The summed E-state index contributed by atoms with van der Waals surface area (Å²) in [6.45, 7) is 1.94. The van der Waals surface area contributed by atoms with Crippen LogP contribution in [0.15, 0.2) is 78.1 Å². The zero-order chi connectivity index (χ0) is 27.9. The van der Waals surface area contributed by atoms with Crippen molar-refractivity contribution in [2.75, 3.05) is 38.3 Å². The van der Waals surface area contributed by atoms with E-state index in [9.17, 15) is 8.42 Å². The van der Waals surface area contributed by atoms with Crippen molar-refractivity contribution in [2.24, 2.45) is 0 Å². The minimum atomic E-state index is -3.71. The third-order valence-electron chi connectivity index (χ3n) is 7.07. The molecule has 0 fully saturated rings. The second-order valence-electron chi connectivity index (χ2n) is 10.1. The smallest absolute Gasteiger partial charge is 0.244 e. The van der Waals surface area contributed by atoms with Crippen molar-refractivity contribution < 1.29 is 8.42 Å². The summed E-state index contributed by atoms with van der Waals surface area (Å²) < 4.78 is 27.4. The number of aromatic amines is 1. The van der Waals surface area contributed by atoms with Gasteiger partial charge in [-0.15, -0.1) is 0 Å². The summed E-state index contributed by atoms with van der Waals surface area (Å²) in [7, 11) is 1.44. The molecule has 10 nitrogen and oxygen atoms in total. The van der Waals surface area contributed by atoms with Gasteiger partial charge in [0.25, 0.3) is 0 Å². The van der Waals surface area contributed by atoms with E-state index in [1.54, 1.807) is 36.7 Å². The van der Waals surface area contributed by atoms with E-state index in [-0.39, 0.29) is 4.90 Å². The summed E-state index contributed by atoms with van der Waals surface area (Å²) in [6, 6.07) is 17.0. The highest BCUT2D eigenvalue weighted by Crippen LogP contribution is 2.36. The molecular weight excluding hydrogens is 524 g/mol. The molecule has 0 amide bonds. The van der Waals surface area contributed by atoms with E-state index in [2.05, 4.69) is 44.7 Å². The highest BCUT2D eigenvalue weighted by molar-refractivity contribution is 7.89. The molecule has 0 spiro atoms. The van der Waals surface area contributed by atoms with E-state index in [0.29, 0.717) is 23.1 Å². The molecule has 1 aliphatic rings. The summed E-state index contributed by atoms with van der Waals surface area (Å²) in [4.78, 5) is 19.6. The number of hydrogen-bond acceptors (Lipinski definition) is 8. The number of benzene rings is 2. The van der Waals surface area contributed by atoms with Crippen molar-refractivity contribution in [1.82, 2.24) is 29.1 Å². The number of aromatic nitrogens is 4. The lowest BCUT2D eigenvalue weighted by molar-refractivity contribution is 0.313. The number of rotatable bonds is 7. The molecule has 0 aliphatic carbocycles. The predicted molar refractivity (Wildman–Crippen MR) is 157 cm³/mol. The van der Waals surface area contributed by atoms with Crippen molar-refractivity contribution >= 4 is 44.2 Å². The number of likely N-dealkylation sites (N-methyl/N-ethyl adjacent to an activating group) is 1. The van der Waals surface area contributed by atoms with E-state index >= 15 is 0 Å². The Hall–Kier alpha value is -4.32. The van der Waals surface area contributed by atoms with Crippen molar-refractivity contribution in [3.05, 3.63) is 84.3 Å². The van der Waals surface area contributed by atoms with Gasteiger partial charge in [0.1, 0.15) is 16.4 Å². The molecule has 0 saturated heterocycles. The van der Waals surface area contributed by atoms with Gasteiger partial charge >= 0.3 is 0 Å². The fraction of sp³-hybridized carbons (Fsp3) is 0.207. The molecule has 3 N–H and O–H groups in total. The Balaban J connectivity index is 1.46. The van der Waals surface area contributed by atoms with Gasteiger partial charge in [0.05, 0.1) is 11.1 Å². The number of fused-ring (bicyclic) bond motifs is 2. The van der Waals surface area contributed by atoms with Gasteiger partial charge in [-0.2, -0.15) is 9.97 Å². The van der Waals surface area contributed by atoms with Crippen molar-refractivity contribution in [1.29, 1.82) is 0 Å². The SMILES string of the molecule is CN1CCc2ccc(Nc3nc(Nc4ccccc4S(=O)(=O)N(C)C)c4c(-c5cccnc5)c[nH]c4n3)cc2C1. The molecule has 0 radical (unpaired) electrons. The number of hydrogen-bond donors (Lipinski definition) is 3. The van der Waals surface area contributed by atoms with E-state index in [1.807, 2.05) is 24.4 Å². The molecule has 1 aliphatic heterocycles. The lowest BCUT2D eigenvalue weighted by Crippen LogP contribution is -2.26. The molecule has 5 aromatic rings. The second-order valence-corrected chi connectivity index (χ2v) is 12.2. The molecule has 204 valence electrons. The quantitative estimate of drug-likeness (QED) is 0.264. The van der Waals surface area contributed by atoms with E-state index in [0.717, 1.165) is 41.7 Å². The van der Waals surface area contributed by atoms with Gasteiger partial charge in [-0.05, 0) is 54.9 Å². The Bertz CT molecular complexity index is 1800. The normalized spacial score (nSPS) is 13.9. The Kier molecular flexibility index (Phi) is 6.70. The maximum Gasteiger partial charge on any atom is 0.244 e. The van der Waals surface area contributed by atoms with Gasteiger partial charge in [-0.3, -0.25) is 4.98 Å². The third kappa shape index (κ3) is 4.90. The van der Waals surface area contributed by atoms with Gasteiger partial charge in [0.2, 0.25) is 16.0 Å². The first-order valence-electron chi connectivity index (χ1n) is 12.9. The van der Waals surface area contributed by atoms with Crippen LogP contribution in [0.4, 0.5) is 23.1 Å². The van der Waals surface area contributed by atoms with Gasteiger partial charge < -0.3 is 20.5 Å². The molecule has 0 bridgehead atoms. The zero-order valence-electron chi connectivity index (χ0n) is 22.5. The Morgan fingerprint density at radius 3 is 2.65 bits per heavy atom. The Morgan fingerprint density at radius 1 is 1.00 bits per heavy atom. The maximum absolute atomic E-state index is 13.1. The third-order valence-corrected chi connectivity index (χ3v) is 8.94. The van der Waals surface area contributed by atoms with Crippen molar-refractivity contribution in [3.8, 4) is 11.1 Å². The first kappa shape index (κ1) is 25.9. The Morgan fingerprint density at radius 2 is 1.85 bits per heavy atom. The molecule has 40 heavy (non-hydrogen) atoms. The van der Waals surface area contributed by atoms with Crippen LogP contribution in [0.1, 0.15) is 11.1 Å². The van der Waals surface area contributed by atoms with E-state index in [4.69, 9.17) is 9.97 Å². The zero-order valence-corrected chi connectivity index (χ0v) is 23.3. The van der Waals surface area contributed by atoms with Gasteiger partial charge in [0, 0.05) is 62.6 Å². The Labute approximate surface area is 233 Å². The van der Waals surface area contributed by atoms with Gasteiger partial charge in [-0.1, -0.05) is 24.3 Å². The molecule has 0 unspecified atom stereocenters. The summed E-state index contributed by atoms with van der Waals surface area (Å²) in [5.41, 5.74) is 6.26. The topological polar surface area (TPSA) is 119 Å². The summed E-state index contributed by atoms with van der Waals surface area (Å²) in [5, 5.41) is 7.40.